The largest absolute Gasteiger partial charge is 0.439 e. The molecule has 0 fully saturated rings. The van der Waals surface area contributed by atoms with Gasteiger partial charge >= 0.3 is 0 Å². The van der Waals surface area contributed by atoms with Gasteiger partial charge in [0.25, 0.3) is 0 Å². The maximum Gasteiger partial charge on any atom is 0.209 e. The average molecular weight is 268 g/mol. The highest BCUT2D eigenvalue weighted by atomic mass is 16.3. The predicted octanol–water partition coefficient (Wildman–Crippen LogP) is 2.44. The maximum absolute atomic E-state index is 5.73. The second kappa shape index (κ2) is 5.30. The summed E-state index contributed by atoms with van der Waals surface area (Å²) in [7, 11) is 2.02. The third kappa shape index (κ3) is 2.78. The topological polar surface area (TPSA) is 68.2 Å². The number of pyridine rings is 1. The van der Waals surface area contributed by atoms with Crippen molar-refractivity contribution in [3.8, 4) is 0 Å². The van der Waals surface area contributed by atoms with E-state index >= 15 is 0 Å². The number of aromatic nitrogens is 2. The van der Waals surface area contributed by atoms with E-state index in [0.717, 1.165) is 23.2 Å². The third-order valence-corrected chi connectivity index (χ3v) is 3.04. The molecular formula is C15H16N4O. The Morgan fingerprint density at radius 2 is 2.15 bits per heavy atom. The molecular weight excluding hydrogens is 252 g/mol. The highest BCUT2D eigenvalue weighted by molar-refractivity contribution is 5.76. The van der Waals surface area contributed by atoms with E-state index in [1.54, 1.807) is 12.3 Å². The van der Waals surface area contributed by atoms with E-state index in [1.165, 1.54) is 0 Å². The van der Waals surface area contributed by atoms with Crippen LogP contribution in [-0.4, -0.2) is 21.9 Å². The zero-order valence-electron chi connectivity index (χ0n) is 11.3. The molecule has 0 aliphatic carbocycles. The predicted molar refractivity (Wildman–Crippen MR) is 77.8 cm³/mol. The van der Waals surface area contributed by atoms with Gasteiger partial charge in [-0.3, -0.25) is 9.88 Å². The maximum atomic E-state index is 5.73. The highest BCUT2D eigenvalue weighted by Crippen LogP contribution is 2.19. The summed E-state index contributed by atoms with van der Waals surface area (Å²) in [5.74, 6) is 0.692. The molecule has 0 aliphatic rings. The zero-order valence-corrected chi connectivity index (χ0v) is 11.3. The van der Waals surface area contributed by atoms with Crippen molar-refractivity contribution >= 4 is 16.8 Å². The second-order valence-corrected chi connectivity index (χ2v) is 4.87. The molecule has 20 heavy (non-hydrogen) atoms. The molecule has 102 valence electrons. The number of nitrogens with zero attached hydrogens (tertiary/aromatic N) is 3. The van der Waals surface area contributed by atoms with E-state index in [4.69, 9.17) is 10.2 Å². The van der Waals surface area contributed by atoms with Crippen LogP contribution in [-0.2, 0) is 13.1 Å². The second-order valence-electron chi connectivity index (χ2n) is 4.87. The lowest BCUT2D eigenvalue weighted by atomic mass is 10.3. The van der Waals surface area contributed by atoms with Gasteiger partial charge in [-0.2, -0.15) is 0 Å². The van der Waals surface area contributed by atoms with Crippen LogP contribution in [0.3, 0.4) is 0 Å². The van der Waals surface area contributed by atoms with Crippen LogP contribution in [0.15, 0.2) is 47.1 Å². The summed E-state index contributed by atoms with van der Waals surface area (Å²) in [6.07, 6.45) is 3.64. The molecule has 0 atom stereocenters. The van der Waals surface area contributed by atoms with Crippen LogP contribution in [0.25, 0.3) is 11.1 Å². The van der Waals surface area contributed by atoms with Crippen molar-refractivity contribution in [1.82, 2.24) is 14.9 Å². The summed E-state index contributed by atoms with van der Waals surface area (Å²) in [5.41, 5.74) is 9.15. The van der Waals surface area contributed by atoms with Crippen LogP contribution in [0.1, 0.15) is 11.5 Å². The van der Waals surface area contributed by atoms with Crippen molar-refractivity contribution < 1.29 is 4.42 Å². The summed E-state index contributed by atoms with van der Waals surface area (Å²) in [4.78, 5) is 10.7. The fourth-order valence-corrected chi connectivity index (χ4v) is 2.15. The Bertz CT molecular complexity index is 708. The van der Waals surface area contributed by atoms with Crippen molar-refractivity contribution in [2.45, 2.75) is 13.1 Å². The SMILES string of the molecule is CN(Cc1cccnc1)Cc1nc2ccc(N)cc2o1. The lowest BCUT2D eigenvalue weighted by Crippen LogP contribution is -2.17. The summed E-state index contributed by atoms with van der Waals surface area (Å²) < 4.78 is 5.71. The number of nitrogen functional groups attached to an aromatic ring is 1. The molecule has 2 aromatic heterocycles. The summed E-state index contributed by atoms with van der Waals surface area (Å²) in [5, 5.41) is 0. The first-order valence-corrected chi connectivity index (χ1v) is 6.43. The summed E-state index contributed by atoms with van der Waals surface area (Å²) >= 11 is 0. The van der Waals surface area contributed by atoms with E-state index in [2.05, 4.69) is 20.9 Å². The first-order chi connectivity index (χ1) is 9.70. The monoisotopic (exact) mass is 268 g/mol. The minimum absolute atomic E-state index is 0.642. The Hall–Kier alpha value is -2.40. The first-order valence-electron chi connectivity index (χ1n) is 6.43. The quantitative estimate of drug-likeness (QED) is 0.736. The number of oxazole rings is 1. The number of anilines is 1. The molecule has 0 aliphatic heterocycles. The van der Waals surface area contributed by atoms with Crippen LogP contribution >= 0.6 is 0 Å². The van der Waals surface area contributed by atoms with Gasteiger partial charge in [-0.15, -0.1) is 0 Å². The molecule has 0 unspecified atom stereocenters. The number of nitrogens with two attached hydrogens (primary N) is 1. The van der Waals surface area contributed by atoms with E-state index in [9.17, 15) is 0 Å². The minimum atomic E-state index is 0.642. The lowest BCUT2D eigenvalue weighted by molar-refractivity contribution is 0.285. The van der Waals surface area contributed by atoms with Gasteiger partial charge in [0, 0.05) is 30.7 Å². The normalized spacial score (nSPS) is 11.3. The third-order valence-electron chi connectivity index (χ3n) is 3.04. The molecule has 0 amide bonds. The van der Waals surface area contributed by atoms with Crippen molar-refractivity contribution in [2.24, 2.45) is 0 Å². The Morgan fingerprint density at radius 3 is 2.95 bits per heavy atom. The van der Waals surface area contributed by atoms with Crippen LogP contribution in [0.5, 0.6) is 0 Å². The number of benzene rings is 1. The number of hydrogen-bond acceptors (Lipinski definition) is 5. The average Bonchev–Trinajstić information content (AvgIpc) is 2.80. The van der Waals surface area contributed by atoms with E-state index in [1.807, 2.05) is 31.4 Å². The Labute approximate surface area is 117 Å². The fraction of sp³-hybridized carbons (Fsp3) is 0.200. The standard InChI is InChI=1S/C15H16N4O/c1-19(9-11-3-2-6-17-8-11)10-15-18-13-5-4-12(16)7-14(13)20-15/h2-8H,9-10,16H2,1H3. The summed E-state index contributed by atoms with van der Waals surface area (Å²) in [6.45, 7) is 1.44. The number of rotatable bonds is 4. The molecule has 0 spiro atoms. The molecule has 3 aromatic rings. The number of hydrogen-bond donors (Lipinski definition) is 1. The van der Waals surface area contributed by atoms with E-state index in [0.29, 0.717) is 18.1 Å². The molecule has 3 rings (SSSR count). The zero-order chi connectivity index (χ0) is 13.9. The van der Waals surface area contributed by atoms with Gasteiger partial charge in [0.1, 0.15) is 5.52 Å². The molecule has 0 radical (unpaired) electrons. The van der Waals surface area contributed by atoms with Crippen LogP contribution < -0.4 is 5.73 Å². The van der Waals surface area contributed by atoms with Crippen molar-refractivity contribution in [3.63, 3.8) is 0 Å². The van der Waals surface area contributed by atoms with Gasteiger partial charge < -0.3 is 10.2 Å². The van der Waals surface area contributed by atoms with E-state index in [-0.39, 0.29) is 0 Å². The van der Waals surface area contributed by atoms with Gasteiger partial charge in [-0.05, 0) is 30.8 Å². The lowest BCUT2D eigenvalue weighted by Gasteiger charge is -2.13. The molecule has 0 saturated heterocycles. The fourth-order valence-electron chi connectivity index (χ4n) is 2.15. The highest BCUT2D eigenvalue weighted by Gasteiger charge is 2.09. The number of fused-ring (bicyclic) bond motifs is 1. The molecule has 2 N–H and O–H groups in total. The molecule has 2 heterocycles. The minimum Gasteiger partial charge on any atom is -0.439 e. The Kier molecular flexibility index (Phi) is 3.35. The summed E-state index contributed by atoms with van der Waals surface area (Å²) in [6, 6.07) is 9.49. The van der Waals surface area contributed by atoms with Crippen molar-refractivity contribution in [1.29, 1.82) is 0 Å². The van der Waals surface area contributed by atoms with E-state index < -0.39 is 0 Å². The van der Waals surface area contributed by atoms with Gasteiger partial charge in [-0.25, -0.2) is 4.98 Å². The smallest absolute Gasteiger partial charge is 0.209 e. The molecule has 0 saturated carbocycles. The van der Waals surface area contributed by atoms with Gasteiger partial charge in [-0.1, -0.05) is 6.07 Å². The molecule has 5 nitrogen and oxygen atoms in total. The Morgan fingerprint density at radius 1 is 1.25 bits per heavy atom. The van der Waals surface area contributed by atoms with Crippen LogP contribution in [0.4, 0.5) is 5.69 Å². The molecule has 5 heteroatoms. The van der Waals surface area contributed by atoms with Crippen LogP contribution in [0.2, 0.25) is 0 Å². The van der Waals surface area contributed by atoms with Gasteiger partial charge in [0.2, 0.25) is 5.89 Å². The first kappa shape index (κ1) is 12.6. The van der Waals surface area contributed by atoms with Crippen molar-refractivity contribution in [3.05, 3.63) is 54.2 Å². The Balaban J connectivity index is 1.72. The van der Waals surface area contributed by atoms with Gasteiger partial charge in [0.05, 0.1) is 6.54 Å². The van der Waals surface area contributed by atoms with Crippen LogP contribution in [0, 0.1) is 0 Å². The van der Waals surface area contributed by atoms with Gasteiger partial charge in [0.15, 0.2) is 5.58 Å². The van der Waals surface area contributed by atoms with Crippen molar-refractivity contribution in [2.75, 3.05) is 12.8 Å². The molecule has 1 aromatic carbocycles. The molecule has 0 bridgehead atoms.